The molecule has 0 heterocycles. The maximum atomic E-state index is 12.1. The zero-order valence-corrected chi connectivity index (χ0v) is 14.9. The summed E-state index contributed by atoms with van der Waals surface area (Å²) < 4.78 is 40.9. The third-order valence-electron chi connectivity index (χ3n) is 3.51. The van der Waals surface area contributed by atoms with Crippen LogP contribution in [0.25, 0.3) is 0 Å². The van der Waals surface area contributed by atoms with Crippen molar-refractivity contribution in [3.05, 3.63) is 65.2 Å². The number of aryl methyl sites for hydroxylation is 1. The van der Waals surface area contributed by atoms with Gasteiger partial charge in [0.15, 0.2) is 6.61 Å². The molecule has 0 aliphatic carbocycles. The van der Waals surface area contributed by atoms with Gasteiger partial charge in [0.1, 0.15) is 11.8 Å². The molecular formula is C18H20ClF3N2O2. The lowest BCUT2D eigenvalue weighted by atomic mass is 10.1. The third kappa shape index (κ3) is 6.93. The molecule has 0 bridgehead atoms. The van der Waals surface area contributed by atoms with Crippen LogP contribution in [0.2, 0.25) is 0 Å². The highest BCUT2D eigenvalue weighted by molar-refractivity contribution is 5.85. The van der Waals surface area contributed by atoms with Crippen LogP contribution in [-0.2, 0) is 11.3 Å². The molecule has 0 aromatic heterocycles. The SMILES string of the molecule is Cc1ccc(C(N)C(=O)NCc2ccc(OCC(F)(F)F)cc2)cc1.Cl. The molecule has 8 heteroatoms. The molecular weight excluding hydrogens is 369 g/mol. The molecule has 142 valence electrons. The summed E-state index contributed by atoms with van der Waals surface area (Å²) in [6, 6.07) is 12.6. The van der Waals surface area contributed by atoms with Crippen LogP contribution in [0.1, 0.15) is 22.7 Å². The number of ether oxygens (including phenoxy) is 1. The first-order chi connectivity index (χ1) is 11.7. The maximum Gasteiger partial charge on any atom is 0.422 e. The largest absolute Gasteiger partial charge is 0.484 e. The highest BCUT2D eigenvalue weighted by atomic mass is 35.5. The smallest absolute Gasteiger partial charge is 0.422 e. The summed E-state index contributed by atoms with van der Waals surface area (Å²) in [7, 11) is 0. The Bertz CT molecular complexity index is 704. The Balaban J connectivity index is 0.00000338. The average Bonchev–Trinajstić information content (AvgIpc) is 2.58. The fraction of sp³-hybridized carbons (Fsp3) is 0.278. The minimum atomic E-state index is -4.38. The van der Waals surface area contributed by atoms with Crippen molar-refractivity contribution in [1.82, 2.24) is 5.32 Å². The van der Waals surface area contributed by atoms with Crippen molar-refractivity contribution in [2.24, 2.45) is 5.73 Å². The normalized spacial score (nSPS) is 12.0. The van der Waals surface area contributed by atoms with Crippen LogP contribution in [-0.4, -0.2) is 18.7 Å². The summed E-state index contributed by atoms with van der Waals surface area (Å²) in [6.45, 7) is 0.823. The summed E-state index contributed by atoms with van der Waals surface area (Å²) in [5.41, 5.74) is 8.43. The van der Waals surface area contributed by atoms with Gasteiger partial charge in [-0.2, -0.15) is 13.2 Å². The molecule has 0 saturated carbocycles. The lowest BCUT2D eigenvalue weighted by Gasteiger charge is -2.13. The lowest BCUT2D eigenvalue weighted by Crippen LogP contribution is -2.33. The first-order valence-electron chi connectivity index (χ1n) is 7.63. The van der Waals surface area contributed by atoms with Crippen LogP contribution in [0.15, 0.2) is 48.5 Å². The molecule has 0 aliphatic heterocycles. The van der Waals surface area contributed by atoms with Gasteiger partial charge < -0.3 is 15.8 Å². The third-order valence-corrected chi connectivity index (χ3v) is 3.51. The van der Waals surface area contributed by atoms with Gasteiger partial charge in [0.2, 0.25) is 5.91 Å². The van der Waals surface area contributed by atoms with Gasteiger partial charge in [0.25, 0.3) is 0 Å². The van der Waals surface area contributed by atoms with Crippen LogP contribution < -0.4 is 15.8 Å². The topological polar surface area (TPSA) is 64.4 Å². The molecule has 2 aromatic carbocycles. The summed E-state index contributed by atoms with van der Waals surface area (Å²) in [5, 5.41) is 2.70. The van der Waals surface area contributed by atoms with Crippen LogP contribution in [0, 0.1) is 6.92 Å². The van der Waals surface area contributed by atoms with E-state index in [9.17, 15) is 18.0 Å². The minimum Gasteiger partial charge on any atom is -0.484 e. The fourth-order valence-corrected chi connectivity index (χ4v) is 2.09. The van der Waals surface area contributed by atoms with E-state index < -0.39 is 18.8 Å². The van der Waals surface area contributed by atoms with E-state index in [-0.39, 0.29) is 30.6 Å². The Morgan fingerprint density at radius 2 is 1.69 bits per heavy atom. The maximum absolute atomic E-state index is 12.1. The summed E-state index contributed by atoms with van der Waals surface area (Å²) in [5.74, 6) is -0.218. The first kappa shape index (κ1) is 21.8. The van der Waals surface area contributed by atoms with E-state index in [0.29, 0.717) is 5.56 Å². The van der Waals surface area contributed by atoms with Crippen LogP contribution in [0.4, 0.5) is 13.2 Å². The average molecular weight is 389 g/mol. The lowest BCUT2D eigenvalue weighted by molar-refractivity contribution is -0.153. The van der Waals surface area contributed by atoms with Gasteiger partial charge in [0.05, 0.1) is 0 Å². The number of nitrogens with one attached hydrogen (secondary N) is 1. The van der Waals surface area contributed by atoms with Crippen LogP contribution in [0.5, 0.6) is 5.75 Å². The van der Waals surface area contributed by atoms with E-state index in [1.807, 2.05) is 19.1 Å². The van der Waals surface area contributed by atoms with Crippen molar-refractivity contribution in [2.75, 3.05) is 6.61 Å². The van der Waals surface area contributed by atoms with Gasteiger partial charge in [-0.15, -0.1) is 12.4 Å². The van der Waals surface area contributed by atoms with E-state index in [1.54, 1.807) is 24.3 Å². The van der Waals surface area contributed by atoms with Gasteiger partial charge in [-0.1, -0.05) is 42.0 Å². The van der Waals surface area contributed by atoms with Gasteiger partial charge >= 0.3 is 6.18 Å². The standard InChI is InChI=1S/C18H19F3N2O2.ClH/c1-12-2-6-14(7-3-12)16(22)17(24)23-10-13-4-8-15(9-5-13)25-11-18(19,20)21;/h2-9,16H,10-11,22H2,1H3,(H,23,24);1H. The Morgan fingerprint density at radius 3 is 2.23 bits per heavy atom. The Hall–Kier alpha value is -2.25. The Morgan fingerprint density at radius 1 is 1.12 bits per heavy atom. The van der Waals surface area contributed by atoms with E-state index in [1.165, 1.54) is 12.1 Å². The molecule has 0 saturated heterocycles. The second-order valence-electron chi connectivity index (χ2n) is 5.65. The number of carbonyl (C=O) groups excluding carboxylic acids is 1. The first-order valence-corrected chi connectivity index (χ1v) is 7.63. The van der Waals surface area contributed by atoms with E-state index >= 15 is 0 Å². The molecule has 2 rings (SSSR count). The predicted molar refractivity (Wildman–Crippen MR) is 95.2 cm³/mol. The molecule has 0 spiro atoms. The second kappa shape index (κ2) is 9.45. The van der Waals surface area contributed by atoms with E-state index in [2.05, 4.69) is 10.1 Å². The number of nitrogens with two attached hydrogens (primary N) is 1. The number of hydrogen-bond donors (Lipinski definition) is 2. The van der Waals surface area contributed by atoms with Crippen LogP contribution in [0.3, 0.4) is 0 Å². The van der Waals surface area contributed by atoms with Crippen molar-refractivity contribution in [2.45, 2.75) is 25.7 Å². The number of benzene rings is 2. The van der Waals surface area contributed by atoms with Gasteiger partial charge in [-0.3, -0.25) is 4.79 Å². The molecule has 0 aliphatic rings. The summed E-state index contributed by atoms with van der Waals surface area (Å²) in [4.78, 5) is 12.1. The van der Waals surface area contributed by atoms with Crippen molar-refractivity contribution >= 4 is 18.3 Å². The van der Waals surface area contributed by atoms with E-state index in [0.717, 1.165) is 11.1 Å². The molecule has 4 nitrogen and oxygen atoms in total. The molecule has 2 aromatic rings. The zero-order valence-electron chi connectivity index (χ0n) is 14.0. The summed E-state index contributed by atoms with van der Waals surface area (Å²) >= 11 is 0. The number of carbonyl (C=O) groups is 1. The Kier molecular flexibility index (Phi) is 7.92. The molecule has 1 atom stereocenters. The monoisotopic (exact) mass is 388 g/mol. The number of hydrogen-bond acceptors (Lipinski definition) is 3. The van der Waals surface area contributed by atoms with Crippen LogP contribution >= 0.6 is 12.4 Å². The molecule has 1 unspecified atom stereocenters. The highest BCUT2D eigenvalue weighted by Gasteiger charge is 2.28. The molecule has 3 N–H and O–H groups in total. The summed E-state index contributed by atoms with van der Waals surface area (Å²) in [6.07, 6.45) is -4.38. The number of alkyl halides is 3. The van der Waals surface area contributed by atoms with Gasteiger partial charge in [-0.25, -0.2) is 0 Å². The fourth-order valence-electron chi connectivity index (χ4n) is 2.09. The molecule has 1 amide bonds. The highest BCUT2D eigenvalue weighted by Crippen LogP contribution is 2.19. The van der Waals surface area contributed by atoms with Gasteiger partial charge in [0, 0.05) is 6.54 Å². The number of rotatable bonds is 6. The molecule has 26 heavy (non-hydrogen) atoms. The van der Waals surface area contributed by atoms with Crippen molar-refractivity contribution in [3.63, 3.8) is 0 Å². The minimum absolute atomic E-state index is 0. The molecule has 0 radical (unpaired) electrons. The van der Waals surface area contributed by atoms with Crippen molar-refractivity contribution < 1.29 is 22.7 Å². The predicted octanol–water partition coefficient (Wildman–Crippen LogP) is 3.67. The van der Waals surface area contributed by atoms with Crippen molar-refractivity contribution in [3.8, 4) is 5.75 Å². The van der Waals surface area contributed by atoms with E-state index in [4.69, 9.17) is 5.73 Å². The molecule has 0 fully saturated rings. The van der Waals surface area contributed by atoms with Crippen molar-refractivity contribution in [1.29, 1.82) is 0 Å². The second-order valence-corrected chi connectivity index (χ2v) is 5.65. The van der Waals surface area contributed by atoms with Gasteiger partial charge in [-0.05, 0) is 30.2 Å². The zero-order chi connectivity index (χ0) is 18.4. The quantitative estimate of drug-likeness (QED) is 0.793. The number of amides is 1. The number of halogens is 4. The Labute approximate surface area is 155 Å².